The number of Topliss-reactive ketones (excluding diaryl/α,β-unsaturated/α-hetero) is 1. The largest absolute Gasteiger partial charge is 0.508 e. The van der Waals surface area contributed by atoms with E-state index in [4.69, 9.17) is 13.9 Å². The summed E-state index contributed by atoms with van der Waals surface area (Å²) in [5, 5.41) is 24.4. The summed E-state index contributed by atoms with van der Waals surface area (Å²) in [6.45, 7) is 16.8. The molecule has 4 fully saturated rings. The van der Waals surface area contributed by atoms with Gasteiger partial charge >= 0.3 is 6.16 Å². The molecule has 0 unspecified atom stereocenters. The van der Waals surface area contributed by atoms with E-state index in [0.29, 0.717) is 19.3 Å². The number of hydrogen-bond acceptors (Lipinski definition) is 7. The van der Waals surface area contributed by atoms with Gasteiger partial charge in [-0.05, 0) is 43.5 Å². The third kappa shape index (κ3) is 2.69. The van der Waals surface area contributed by atoms with E-state index >= 15 is 0 Å². The fourth-order valence-electron chi connectivity index (χ4n) is 7.55. The monoisotopic (exact) mass is 492 g/mol. The van der Waals surface area contributed by atoms with E-state index in [9.17, 15) is 19.8 Å². The first-order valence-corrected chi connectivity index (χ1v) is 15.6. The molecule has 1 spiro atoms. The molecule has 0 amide bonds. The van der Waals surface area contributed by atoms with Gasteiger partial charge in [0.2, 0.25) is 0 Å². The van der Waals surface area contributed by atoms with Crippen molar-refractivity contribution in [3.8, 4) is 0 Å². The Bertz CT molecular complexity index is 994. The van der Waals surface area contributed by atoms with Gasteiger partial charge in [0.1, 0.15) is 23.6 Å². The van der Waals surface area contributed by atoms with Gasteiger partial charge < -0.3 is 24.1 Å². The van der Waals surface area contributed by atoms with Crippen LogP contribution in [0.3, 0.4) is 0 Å². The Morgan fingerprint density at radius 3 is 2.35 bits per heavy atom. The number of carbonyl (C=O) groups is 2. The first kappa shape index (κ1) is 24.5. The standard InChI is InChI=1S/C26H40O7Si/c1-14-15-11-19-25-13-24(25,17(27)9-10-18(25)31-21(29)32-19)20(28)26(30,23(15,5)6)12-16(14)33-34(7,8)22(2,3)4/h16,18-20,28,30H,9-13H2,1-8H3/t16-,18-,19-,20-,24+,25-,26+/m0/s1. The lowest BCUT2D eigenvalue weighted by molar-refractivity contribution is -0.219. The normalized spacial score (nSPS) is 45.4. The molecule has 0 aromatic carbocycles. The maximum Gasteiger partial charge on any atom is 0.508 e. The van der Waals surface area contributed by atoms with Crippen LogP contribution in [0.25, 0.3) is 0 Å². The lowest BCUT2D eigenvalue weighted by Crippen LogP contribution is -2.68. The average molecular weight is 493 g/mol. The van der Waals surface area contributed by atoms with Crippen LogP contribution in [0.15, 0.2) is 11.1 Å². The first-order chi connectivity index (χ1) is 15.5. The van der Waals surface area contributed by atoms with Crippen LogP contribution in [0.1, 0.15) is 73.6 Å². The Hall–Kier alpha value is -1.22. The molecule has 3 saturated carbocycles. The smallest absolute Gasteiger partial charge is 0.430 e. The number of carbonyl (C=O) groups excluding carboxylic acids is 2. The molecule has 190 valence electrons. The molecule has 8 heteroatoms. The van der Waals surface area contributed by atoms with Crippen molar-refractivity contribution in [1.82, 2.24) is 0 Å². The Labute approximate surface area is 203 Å². The quantitative estimate of drug-likeness (QED) is 0.337. The number of fused-ring (bicyclic) bond motifs is 2. The van der Waals surface area contributed by atoms with Crippen molar-refractivity contribution in [2.75, 3.05) is 0 Å². The van der Waals surface area contributed by atoms with E-state index in [1.165, 1.54) is 0 Å². The molecular weight excluding hydrogens is 452 g/mol. The summed E-state index contributed by atoms with van der Waals surface area (Å²) in [5.41, 5.74) is -2.34. The topological polar surface area (TPSA) is 102 Å². The molecule has 1 aliphatic heterocycles. The van der Waals surface area contributed by atoms with E-state index in [-0.39, 0.29) is 29.8 Å². The Morgan fingerprint density at radius 2 is 1.74 bits per heavy atom. The van der Waals surface area contributed by atoms with Gasteiger partial charge in [-0.1, -0.05) is 40.2 Å². The van der Waals surface area contributed by atoms with Crippen molar-refractivity contribution in [3.05, 3.63) is 11.1 Å². The van der Waals surface area contributed by atoms with E-state index in [1.807, 2.05) is 20.8 Å². The van der Waals surface area contributed by atoms with Gasteiger partial charge in [-0.25, -0.2) is 4.79 Å². The van der Waals surface area contributed by atoms with Crippen molar-refractivity contribution in [3.63, 3.8) is 0 Å². The van der Waals surface area contributed by atoms with Crippen LogP contribution >= 0.6 is 0 Å². The molecule has 2 bridgehead atoms. The molecule has 7 nitrogen and oxygen atoms in total. The van der Waals surface area contributed by atoms with Crippen LogP contribution in [0.4, 0.5) is 4.79 Å². The minimum absolute atomic E-state index is 0.0265. The molecule has 0 aromatic rings. The second-order valence-electron chi connectivity index (χ2n) is 13.5. The highest BCUT2D eigenvalue weighted by atomic mass is 28.4. The summed E-state index contributed by atoms with van der Waals surface area (Å²) < 4.78 is 18.2. The number of aliphatic hydroxyl groups excluding tert-OH is 1. The van der Waals surface area contributed by atoms with E-state index in [0.717, 1.165) is 11.1 Å². The zero-order valence-corrected chi connectivity index (χ0v) is 22.8. The maximum atomic E-state index is 13.5. The van der Waals surface area contributed by atoms with Crippen LogP contribution in [0.2, 0.25) is 18.1 Å². The third-order valence-electron chi connectivity index (χ3n) is 10.9. The van der Waals surface area contributed by atoms with Crippen LogP contribution in [-0.4, -0.2) is 60.5 Å². The maximum absolute atomic E-state index is 13.5. The summed E-state index contributed by atoms with van der Waals surface area (Å²) in [4.78, 5) is 25.9. The van der Waals surface area contributed by atoms with Crippen LogP contribution < -0.4 is 0 Å². The van der Waals surface area contributed by atoms with E-state index < -0.39 is 54.6 Å². The molecule has 5 rings (SSSR count). The van der Waals surface area contributed by atoms with Gasteiger partial charge in [0, 0.05) is 24.7 Å². The molecule has 4 aliphatic carbocycles. The molecule has 1 heterocycles. The lowest BCUT2D eigenvalue weighted by Gasteiger charge is -2.59. The van der Waals surface area contributed by atoms with Crippen molar-refractivity contribution in [2.24, 2.45) is 16.2 Å². The number of ketones is 1. The molecule has 34 heavy (non-hydrogen) atoms. The van der Waals surface area contributed by atoms with E-state index in [2.05, 4.69) is 33.9 Å². The molecule has 0 radical (unpaired) electrons. The van der Waals surface area contributed by atoms with Gasteiger partial charge in [-0.3, -0.25) is 4.79 Å². The fourth-order valence-corrected chi connectivity index (χ4v) is 8.87. The van der Waals surface area contributed by atoms with Crippen LogP contribution in [0, 0.1) is 16.2 Å². The van der Waals surface area contributed by atoms with Gasteiger partial charge in [0.25, 0.3) is 0 Å². The van der Waals surface area contributed by atoms with Gasteiger partial charge in [-0.2, -0.15) is 0 Å². The van der Waals surface area contributed by atoms with E-state index in [1.54, 1.807) is 0 Å². The molecule has 1 saturated heterocycles. The van der Waals surface area contributed by atoms with Crippen molar-refractivity contribution >= 4 is 20.3 Å². The predicted molar refractivity (Wildman–Crippen MR) is 128 cm³/mol. The van der Waals surface area contributed by atoms with Crippen LogP contribution in [0.5, 0.6) is 0 Å². The third-order valence-corrected chi connectivity index (χ3v) is 15.4. The minimum Gasteiger partial charge on any atom is -0.430 e. The lowest BCUT2D eigenvalue weighted by atomic mass is 9.52. The highest BCUT2D eigenvalue weighted by Crippen LogP contribution is 2.79. The average Bonchev–Trinajstić information content (AvgIpc) is 3.41. The summed E-state index contributed by atoms with van der Waals surface area (Å²) in [6.07, 6.45) is -1.76. The van der Waals surface area contributed by atoms with Gasteiger partial charge in [0.05, 0.1) is 23.0 Å². The zero-order valence-electron chi connectivity index (χ0n) is 21.8. The number of ether oxygens (including phenoxy) is 2. The van der Waals surface area contributed by atoms with Crippen LogP contribution in [-0.2, 0) is 18.7 Å². The predicted octanol–water partition coefficient (Wildman–Crippen LogP) is 4.26. The Balaban J connectivity index is 1.68. The highest BCUT2D eigenvalue weighted by Gasteiger charge is 2.87. The summed E-state index contributed by atoms with van der Waals surface area (Å²) in [7, 11) is -2.21. The molecule has 0 aromatic heterocycles. The van der Waals surface area contributed by atoms with Crippen molar-refractivity contribution in [1.29, 1.82) is 0 Å². The summed E-state index contributed by atoms with van der Waals surface area (Å²) in [6, 6.07) is 0. The zero-order chi connectivity index (χ0) is 25.3. The SMILES string of the molecule is CC1=C2C[C@@H]3OC(=O)O[C@H]4CCC(=O)[C@]5(C[C@]435)[C@H](O)[C@](O)(C[C@@H]1O[Si](C)(C)C(C)(C)C)C2(C)C. The van der Waals surface area contributed by atoms with Crippen molar-refractivity contribution in [2.45, 2.75) is 122 Å². The first-order valence-electron chi connectivity index (χ1n) is 12.6. The molecular formula is C26H40O7Si. The number of rotatable bonds is 2. The molecule has 7 atom stereocenters. The fraction of sp³-hybridized carbons (Fsp3) is 0.846. The number of aliphatic hydroxyl groups is 2. The number of hydrogen-bond donors (Lipinski definition) is 2. The van der Waals surface area contributed by atoms with Crippen molar-refractivity contribution < 1.29 is 33.7 Å². The Morgan fingerprint density at radius 1 is 1.12 bits per heavy atom. The molecule has 5 aliphatic rings. The summed E-state index contributed by atoms with van der Waals surface area (Å²) >= 11 is 0. The van der Waals surface area contributed by atoms with Gasteiger partial charge in [-0.15, -0.1) is 0 Å². The molecule has 2 N–H and O–H groups in total. The Kier molecular flexibility index (Phi) is 4.86. The second-order valence-corrected chi connectivity index (χ2v) is 18.3. The van der Waals surface area contributed by atoms with Gasteiger partial charge in [0.15, 0.2) is 8.32 Å². The minimum atomic E-state index is -2.21. The summed E-state index contributed by atoms with van der Waals surface area (Å²) in [5.74, 6) is -0.0522. The second kappa shape index (κ2) is 6.75. The highest BCUT2D eigenvalue weighted by molar-refractivity contribution is 6.74.